The van der Waals surface area contributed by atoms with E-state index in [1.165, 1.54) is 6.92 Å². The number of fused-ring (bicyclic) bond motifs is 1. The van der Waals surface area contributed by atoms with Crippen LogP contribution in [0.15, 0.2) is 12.1 Å². The number of hydrogen-bond acceptors (Lipinski definition) is 3. The van der Waals surface area contributed by atoms with Crippen LogP contribution < -0.4 is 9.47 Å². The minimum atomic E-state index is -1.08. The first-order valence-electron chi connectivity index (χ1n) is 5.72. The van der Waals surface area contributed by atoms with Gasteiger partial charge in [-0.2, -0.15) is 0 Å². The first kappa shape index (κ1) is 11.9. The van der Waals surface area contributed by atoms with Crippen molar-refractivity contribution in [3.05, 3.63) is 23.3 Å². The fourth-order valence-electron chi connectivity index (χ4n) is 1.95. The van der Waals surface area contributed by atoms with Crippen LogP contribution in [0.1, 0.15) is 30.6 Å². The molecular formula is C13H15FO3. The van der Waals surface area contributed by atoms with Crippen molar-refractivity contribution in [2.45, 2.75) is 25.9 Å². The molecule has 0 spiro atoms. The molecule has 0 bridgehead atoms. The molecule has 1 heterocycles. The molecule has 1 atom stereocenters. The van der Waals surface area contributed by atoms with E-state index in [-0.39, 0.29) is 0 Å². The number of aryl methyl sites for hydroxylation is 1. The van der Waals surface area contributed by atoms with Crippen LogP contribution in [0.5, 0.6) is 11.5 Å². The molecule has 4 heteroatoms. The van der Waals surface area contributed by atoms with Crippen molar-refractivity contribution < 1.29 is 18.7 Å². The van der Waals surface area contributed by atoms with Crippen molar-refractivity contribution in [2.75, 3.05) is 13.2 Å². The van der Waals surface area contributed by atoms with E-state index in [4.69, 9.17) is 9.47 Å². The van der Waals surface area contributed by atoms with Gasteiger partial charge in [0.1, 0.15) is 25.7 Å². The van der Waals surface area contributed by atoms with Gasteiger partial charge in [-0.3, -0.25) is 0 Å². The van der Waals surface area contributed by atoms with Gasteiger partial charge < -0.3 is 14.3 Å². The Hall–Kier alpha value is -1.58. The van der Waals surface area contributed by atoms with Gasteiger partial charge in [-0.1, -0.05) is 0 Å². The number of halogens is 1. The zero-order chi connectivity index (χ0) is 12.3. The topological polar surface area (TPSA) is 35.5 Å². The lowest BCUT2D eigenvalue weighted by molar-refractivity contribution is -0.107. The second-order valence-corrected chi connectivity index (χ2v) is 4.02. The number of rotatable bonds is 4. The highest BCUT2D eigenvalue weighted by Crippen LogP contribution is 2.36. The lowest BCUT2D eigenvalue weighted by Crippen LogP contribution is -2.16. The average Bonchev–Trinajstić information content (AvgIpc) is 2.35. The molecular weight excluding hydrogens is 223 g/mol. The second kappa shape index (κ2) is 5.17. The summed E-state index contributed by atoms with van der Waals surface area (Å²) >= 11 is 0. The number of carbonyl (C=O) groups is 1. The summed E-state index contributed by atoms with van der Waals surface area (Å²) in [5.74, 6) is 1.23. The Labute approximate surface area is 99.5 Å². The first-order valence-corrected chi connectivity index (χ1v) is 5.72. The standard InChI is InChI=1S/C13H15FO3/c1-9(14)11-8-13-12(16-5-6-17-13)7-10(11)3-2-4-15/h4,7-9H,2-3,5-6H2,1H3. The summed E-state index contributed by atoms with van der Waals surface area (Å²) in [4.78, 5) is 10.4. The van der Waals surface area contributed by atoms with Crippen molar-refractivity contribution in [1.82, 2.24) is 0 Å². The number of aldehydes is 1. The normalized spacial score (nSPS) is 15.4. The van der Waals surface area contributed by atoms with Crippen LogP contribution >= 0.6 is 0 Å². The molecule has 0 fully saturated rings. The van der Waals surface area contributed by atoms with Crippen LogP contribution in [0.3, 0.4) is 0 Å². The summed E-state index contributed by atoms with van der Waals surface area (Å²) < 4.78 is 24.4. The number of alkyl halides is 1. The van der Waals surface area contributed by atoms with E-state index in [9.17, 15) is 9.18 Å². The molecule has 1 aliphatic heterocycles. The van der Waals surface area contributed by atoms with Gasteiger partial charge in [0.15, 0.2) is 11.5 Å². The fraction of sp³-hybridized carbons (Fsp3) is 0.462. The zero-order valence-corrected chi connectivity index (χ0v) is 9.74. The minimum absolute atomic E-state index is 0.388. The van der Waals surface area contributed by atoms with Crippen LogP contribution in [-0.2, 0) is 11.2 Å². The Morgan fingerprint density at radius 2 is 2.00 bits per heavy atom. The van der Waals surface area contributed by atoms with Crippen LogP contribution in [0.25, 0.3) is 0 Å². The number of benzene rings is 1. The number of hydrogen-bond donors (Lipinski definition) is 0. The lowest BCUT2D eigenvalue weighted by atomic mass is 9.99. The molecule has 0 N–H and O–H groups in total. The molecule has 92 valence electrons. The van der Waals surface area contributed by atoms with Gasteiger partial charge in [0.25, 0.3) is 0 Å². The quantitative estimate of drug-likeness (QED) is 0.756. The fourth-order valence-corrected chi connectivity index (χ4v) is 1.95. The van der Waals surface area contributed by atoms with Crippen LogP contribution in [-0.4, -0.2) is 19.5 Å². The third-order valence-corrected chi connectivity index (χ3v) is 2.76. The van der Waals surface area contributed by atoms with Gasteiger partial charge in [0, 0.05) is 6.42 Å². The SMILES string of the molecule is CC(F)c1cc2c(cc1CCC=O)OCCO2. The van der Waals surface area contributed by atoms with Gasteiger partial charge in [-0.05, 0) is 36.6 Å². The predicted octanol–water partition coefficient (Wildman–Crippen LogP) is 2.62. The smallest absolute Gasteiger partial charge is 0.161 e. The van der Waals surface area contributed by atoms with Crippen LogP contribution in [0, 0.1) is 0 Å². The monoisotopic (exact) mass is 238 g/mol. The third kappa shape index (κ3) is 2.57. The van der Waals surface area contributed by atoms with E-state index < -0.39 is 6.17 Å². The molecule has 1 aromatic carbocycles. The van der Waals surface area contributed by atoms with E-state index in [0.717, 1.165) is 11.8 Å². The Morgan fingerprint density at radius 3 is 2.59 bits per heavy atom. The lowest BCUT2D eigenvalue weighted by Gasteiger charge is -2.21. The maximum absolute atomic E-state index is 13.5. The van der Waals surface area contributed by atoms with Crippen molar-refractivity contribution in [2.24, 2.45) is 0 Å². The van der Waals surface area contributed by atoms with Crippen molar-refractivity contribution in [1.29, 1.82) is 0 Å². The number of carbonyl (C=O) groups excluding carboxylic acids is 1. The largest absolute Gasteiger partial charge is 0.486 e. The van der Waals surface area contributed by atoms with E-state index in [1.54, 1.807) is 12.1 Å². The summed E-state index contributed by atoms with van der Waals surface area (Å²) in [6.07, 6.45) is 0.680. The molecule has 0 amide bonds. The van der Waals surface area contributed by atoms with E-state index in [0.29, 0.717) is 43.1 Å². The summed E-state index contributed by atoms with van der Waals surface area (Å²) in [5.41, 5.74) is 1.40. The number of ether oxygens (including phenoxy) is 2. The molecule has 0 saturated heterocycles. The summed E-state index contributed by atoms with van der Waals surface area (Å²) in [6, 6.07) is 3.46. The predicted molar refractivity (Wildman–Crippen MR) is 61.3 cm³/mol. The molecule has 2 rings (SSSR count). The van der Waals surface area contributed by atoms with Crippen molar-refractivity contribution >= 4 is 6.29 Å². The molecule has 1 aliphatic rings. The van der Waals surface area contributed by atoms with Crippen LogP contribution in [0.2, 0.25) is 0 Å². The van der Waals surface area contributed by atoms with Gasteiger partial charge in [-0.15, -0.1) is 0 Å². The van der Waals surface area contributed by atoms with Crippen molar-refractivity contribution in [3.63, 3.8) is 0 Å². The highest BCUT2D eigenvalue weighted by Gasteiger charge is 2.18. The molecule has 1 aromatic rings. The molecule has 0 aliphatic carbocycles. The maximum Gasteiger partial charge on any atom is 0.161 e. The molecule has 0 radical (unpaired) electrons. The Morgan fingerprint density at radius 1 is 1.35 bits per heavy atom. The Kier molecular flexibility index (Phi) is 3.61. The first-order chi connectivity index (χ1) is 8.22. The molecule has 0 aromatic heterocycles. The van der Waals surface area contributed by atoms with Gasteiger partial charge in [-0.25, -0.2) is 4.39 Å². The van der Waals surface area contributed by atoms with Gasteiger partial charge in [0.05, 0.1) is 0 Å². The van der Waals surface area contributed by atoms with Gasteiger partial charge >= 0.3 is 0 Å². The highest BCUT2D eigenvalue weighted by atomic mass is 19.1. The summed E-state index contributed by atoms with van der Waals surface area (Å²) in [6.45, 7) is 2.47. The third-order valence-electron chi connectivity index (χ3n) is 2.76. The summed E-state index contributed by atoms with van der Waals surface area (Å²) in [5, 5.41) is 0. The summed E-state index contributed by atoms with van der Waals surface area (Å²) in [7, 11) is 0. The molecule has 3 nitrogen and oxygen atoms in total. The van der Waals surface area contributed by atoms with Gasteiger partial charge in [0.2, 0.25) is 0 Å². The second-order valence-electron chi connectivity index (χ2n) is 4.02. The maximum atomic E-state index is 13.5. The minimum Gasteiger partial charge on any atom is -0.486 e. The van der Waals surface area contributed by atoms with E-state index in [2.05, 4.69) is 0 Å². The zero-order valence-electron chi connectivity index (χ0n) is 9.74. The van der Waals surface area contributed by atoms with E-state index in [1.807, 2.05) is 0 Å². The Bertz CT molecular complexity index is 415. The molecule has 1 unspecified atom stereocenters. The van der Waals surface area contributed by atoms with Crippen molar-refractivity contribution in [3.8, 4) is 11.5 Å². The highest BCUT2D eigenvalue weighted by molar-refractivity contribution is 5.53. The molecule has 0 saturated carbocycles. The van der Waals surface area contributed by atoms with Crippen LogP contribution in [0.4, 0.5) is 4.39 Å². The molecule has 17 heavy (non-hydrogen) atoms. The Balaban J connectivity index is 2.36. The average molecular weight is 238 g/mol. The van der Waals surface area contributed by atoms with E-state index >= 15 is 0 Å².